The first-order valence-electron chi connectivity index (χ1n) is 5.79. The molecular weight excluding hydrogens is 372 g/mol. The van der Waals surface area contributed by atoms with Gasteiger partial charge in [0.25, 0.3) is 0 Å². The van der Waals surface area contributed by atoms with Crippen LogP contribution in [0.2, 0.25) is 0 Å². The van der Waals surface area contributed by atoms with Gasteiger partial charge in [0.2, 0.25) is 0 Å². The van der Waals surface area contributed by atoms with Gasteiger partial charge in [-0.2, -0.15) is 0 Å². The van der Waals surface area contributed by atoms with Crippen molar-refractivity contribution < 1.29 is 9.53 Å². The predicted molar refractivity (Wildman–Crippen MR) is 80.8 cm³/mol. The zero-order chi connectivity index (χ0) is 13.4. The zero-order valence-electron chi connectivity index (χ0n) is 9.82. The van der Waals surface area contributed by atoms with E-state index >= 15 is 0 Å². The van der Waals surface area contributed by atoms with Gasteiger partial charge >= 0.3 is 6.47 Å². The van der Waals surface area contributed by atoms with Crippen LogP contribution in [0.3, 0.4) is 0 Å². The van der Waals surface area contributed by atoms with Gasteiger partial charge in [0, 0.05) is 14.9 Å². The number of hydrogen-bond donors (Lipinski definition) is 0. The fourth-order valence-electron chi connectivity index (χ4n) is 2.60. The molecule has 0 saturated heterocycles. The molecular formula is C15H9Br2O2. The molecule has 0 aromatic heterocycles. The maximum Gasteiger partial charge on any atom is 0.417 e. The van der Waals surface area contributed by atoms with E-state index in [9.17, 15) is 4.79 Å². The quantitative estimate of drug-likeness (QED) is 0.788. The van der Waals surface area contributed by atoms with Crippen molar-refractivity contribution >= 4 is 38.3 Å². The van der Waals surface area contributed by atoms with Crippen molar-refractivity contribution in [2.45, 2.75) is 5.92 Å². The van der Waals surface area contributed by atoms with Crippen LogP contribution in [0.5, 0.6) is 0 Å². The Kier molecular flexibility index (Phi) is 3.46. The van der Waals surface area contributed by atoms with Crippen LogP contribution in [-0.4, -0.2) is 13.1 Å². The second-order valence-electron chi connectivity index (χ2n) is 4.41. The van der Waals surface area contributed by atoms with Gasteiger partial charge in [0.15, 0.2) is 0 Å². The van der Waals surface area contributed by atoms with Crippen molar-refractivity contribution in [2.75, 3.05) is 6.61 Å². The van der Waals surface area contributed by atoms with E-state index in [4.69, 9.17) is 4.74 Å². The van der Waals surface area contributed by atoms with Crippen LogP contribution in [0.15, 0.2) is 45.3 Å². The molecule has 0 aliphatic heterocycles. The highest BCUT2D eigenvalue weighted by Gasteiger charge is 2.29. The first-order valence-corrected chi connectivity index (χ1v) is 7.37. The molecule has 2 nitrogen and oxygen atoms in total. The van der Waals surface area contributed by atoms with Crippen molar-refractivity contribution in [3.05, 3.63) is 56.5 Å². The summed E-state index contributed by atoms with van der Waals surface area (Å²) < 4.78 is 6.93. The molecule has 0 fully saturated rings. The summed E-state index contributed by atoms with van der Waals surface area (Å²) in [5.74, 6) is 0.0708. The van der Waals surface area contributed by atoms with E-state index < -0.39 is 0 Å². The number of hydrogen-bond acceptors (Lipinski definition) is 2. The van der Waals surface area contributed by atoms with Gasteiger partial charge in [-0.25, -0.2) is 4.79 Å². The van der Waals surface area contributed by atoms with Crippen LogP contribution in [0.4, 0.5) is 0 Å². The van der Waals surface area contributed by atoms with Crippen molar-refractivity contribution in [3.63, 3.8) is 0 Å². The van der Waals surface area contributed by atoms with Gasteiger partial charge in [0.1, 0.15) is 6.61 Å². The van der Waals surface area contributed by atoms with Crippen LogP contribution in [0, 0.1) is 0 Å². The fourth-order valence-corrected chi connectivity index (χ4v) is 3.36. The van der Waals surface area contributed by atoms with Crippen molar-refractivity contribution in [1.82, 2.24) is 0 Å². The number of rotatable bonds is 3. The molecule has 0 bridgehead atoms. The molecule has 0 amide bonds. The number of fused-ring (bicyclic) bond motifs is 3. The molecule has 0 heterocycles. The first kappa shape index (κ1) is 12.9. The molecule has 1 aliphatic carbocycles. The van der Waals surface area contributed by atoms with E-state index in [1.165, 1.54) is 28.7 Å². The second-order valence-corrected chi connectivity index (χ2v) is 6.24. The Balaban J connectivity index is 2.16. The molecule has 0 spiro atoms. The summed E-state index contributed by atoms with van der Waals surface area (Å²) >= 11 is 6.98. The van der Waals surface area contributed by atoms with E-state index in [2.05, 4.69) is 56.1 Å². The lowest BCUT2D eigenvalue weighted by Crippen LogP contribution is -2.06. The van der Waals surface area contributed by atoms with Crippen LogP contribution >= 0.6 is 31.9 Å². The summed E-state index contributed by atoms with van der Waals surface area (Å²) in [6.07, 6.45) is 0. The maximum absolute atomic E-state index is 10.4. The fraction of sp³-hybridized carbons (Fsp3) is 0.133. The Morgan fingerprint density at radius 2 is 1.53 bits per heavy atom. The molecule has 0 saturated carbocycles. The molecule has 0 unspecified atom stereocenters. The highest BCUT2D eigenvalue weighted by atomic mass is 79.9. The summed E-state index contributed by atoms with van der Waals surface area (Å²) in [5.41, 5.74) is 4.76. The van der Waals surface area contributed by atoms with Crippen LogP contribution in [-0.2, 0) is 9.53 Å². The monoisotopic (exact) mass is 379 g/mol. The van der Waals surface area contributed by atoms with Gasteiger partial charge < -0.3 is 4.74 Å². The Morgan fingerprint density at radius 1 is 1.00 bits per heavy atom. The van der Waals surface area contributed by atoms with Gasteiger partial charge in [-0.1, -0.05) is 44.0 Å². The Morgan fingerprint density at radius 3 is 2.00 bits per heavy atom. The van der Waals surface area contributed by atoms with E-state index in [1.54, 1.807) is 0 Å². The van der Waals surface area contributed by atoms with Gasteiger partial charge in [-0.05, 0) is 46.5 Å². The number of benzene rings is 2. The Labute approximate surface area is 128 Å². The minimum atomic E-state index is 0.0708. The smallest absolute Gasteiger partial charge is 0.417 e. The molecule has 1 radical (unpaired) electrons. The molecule has 4 heteroatoms. The topological polar surface area (TPSA) is 26.3 Å². The molecule has 0 atom stereocenters. The van der Waals surface area contributed by atoms with Crippen molar-refractivity contribution in [1.29, 1.82) is 0 Å². The molecule has 2 aromatic rings. The zero-order valence-corrected chi connectivity index (χ0v) is 13.0. The number of ether oxygens (including phenoxy) is 1. The molecule has 2 aromatic carbocycles. The lowest BCUT2D eigenvalue weighted by molar-refractivity contribution is 0.268. The molecule has 0 N–H and O–H groups in total. The normalized spacial score (nSPS) is 12.9. The highest BCUT2D eigenvalue weighted by molar-refractivity contribution is 9.10. The summed E-state index contributed by atoms with van der Waals surface area (Å²) in [7, 11) is 0. The summed E-state index contributed by atoms with van der Waals surface area (Å²) in [4.78, 5) is 10.4. The standard InChI is InChI=1S/C15H9Br2O2/c16-9-1-3-11-12-4-2-10(17)6-14(12)15(7-19-8-18)13(11)5-9/h1-6,15H,7H2. The van der Waals surface area contributed by atoms with Crippen LogP contribution in [0.25, 0.3) is 11.1 Å². The SMILES string of the molecule is O=[C]OCC1c2cc(Br)ccc2-c2ccc(Br)cc21. The molecule has 3 rings (SSSR count). The van der Waals surface area contributed by atoms with E-state index in [0.29, 0.717) is 6.61 Å². The first-order chi connectivity index (χ1) is 9.20. The van der Waals surface area contributed by atoms with E-state index in [-0.39, 0.29) is 5.92 Å². The van der Waals surface area contributed by atoms with Crippen LogP contribution in [0.1, 0.15) is 17.0 Å². The molecule has 19 heavy (non-hydrogen) atoms. The van der Waals surface area contributed by atoms with Crippen LogP contribution < -0.4 is 0 Å². The second kappa shape index (κ2) is 5.10. The average molecular weight is 381 g/mol. The minimum Gasteiger partial charge on any atom is -0.456 e. The van der Waals surface area contributed by atoms with E-state index in [0.717, 1.165) is 8.95 Å². The summed E-state index contributed by atoms with van der Waals surface area (Å²) in [6, 6.07) is 12.4. The van der Waals surface area contributed by atoms with Gasteiger partial charge in [0.05, 0.1) is 0 Å². The largest absolute Gasteiger partial charge is 0.456 e. The predicted octanol–water partition coefficient (Wildman–Crippen LogP) is 4.41. The highest BCUT2D eigenvalue weighted by Crippen LogP contribution is 2.46. The maximum atomic E-state index is 10.4. The number of halogens is 2. The Hall–Kier alpha value is -1.13. The molecule has 95 valence electrons. The summed E-state index contributed by atoms with van der Waals surface area (Å²) in [6.45, 7) is 1.83. The minimum absolute atomic E-state index is 0.0708. The third-order valence-electron chi connectivity index (χ3n) is 3.38. The van der Waals surface area contributed by atoms with Gasteiger partial charge in [-0.3, -0.25) is 0 Å². The Bertz CT molecular complexity index is 601. The van der Waals surface area contributed by atoms with E-state index in [1.807, 2.05) is 12.1 Å². The lowest BCUT2D eigenvalue weighted by atomic mass is 9.98. The molecule has 1 aliphatic rings. The third kappa shape index (κ3) is 2.23. The number of carbonyl (C=O) groups excluding carboxylic acids is 1. The van der Waals surface area contributed by atoms with Gasteiger partial charge in [-0.15, -0.1) is 0 Å². The average Bonchev–Trinajstić information content (AvgIpc) is 2.68. The third-order valence-corrected chi connectivity index (χ3v) is 4.36. The van der Waals surface area contributed by atoms with Crippen molar-refractivity contribution in [3.8, 4) is 11.1 Å². The lowest BCUT2D eigenvalue weighted by Gasteiger charge is -2.12. The summed E-state index contributed by atoms with van der Waals surface area (Å²) in [5, 5.41) is 0. The van der Waals surface area contributed by atoms with Crippen molar-refractivity contribution in [2.24, 2.45) is 0 Å².